The summed E-state index contributed by atoms with van der Waals surface area (Å²) in [6, 6.07) is 13.6. The third-order valence-electron chi connectivity index (χ3n) is 3.87. The van der Waals surface area contributed by atoms with Gasteiger partial charge in [0.1, 0.15) is 10.4 Å². The maximum absolute atomic E-state index is 12.8. The molecular formula is C19H14BrClN2O2S2. The van der Waals surface area contributed by atoms with E-state index < -0.39 is 6.04 Å². The number of thiocarbonyl (C=S) groups is 1. The average Bonchev–Trinajstić information content (AvgIpc) is 2.91. The van der Waals surface area contributed by atoms with E-state index in [1.807, 2.05) is 24.3 Å². The van der Waals surface area contributed by atoms with Crippen molar-refractivity contribution in [3.05, 3.63) is 68.5 Å². The minimum atomic E-state index is -0.732. The van der Waals surface area contributed by atoms with Crippen LogP contribution in [-0.2, 0) is 9.59 Å². The zero-order chi connectivity index (χ0) is 19.6. The molecule has 0 aromatic heterocycles. The lowest BCUT2D eigenvalue weighted by Gasteiger charge is -2.22. The molecule has 138 valence electrons. The lowest BCUT2D eigenvalue weighted by molar-refractivity contribution is -0.129. The Morgan fingerprint density at radius 1 is 1.22 bits per heavy atom. The predicted octanol–water partition coefficient (Wildman–Crippen LogP) is 5.33. The first kappa shape index (κ1) is 20.1. The number of hydrogen-bond acceptors (Lipinski definition) is 4. The quantitative estimate of drug-likeness (QED) is 0.474. The van der Waals surface area contributed by atoms with E-state index in [9.17, 15) is 9.59 Å². The number of rotatable bonds is 4. The molecule has 2 aromatic carbocycles. The Hall–Kier alpha value is -1.67. The van der Waals surface area contributed by atoms with Crippen LogP contribution >= 0.6 is 51.5 Å². The second-order valence-electron chi connectivity index (χ2n) is 5.78. The van der Waals surface area contributed by atoms with Crippen LogP contribution < -0.4 is 5.32 Å². The molecule has 0 spiro atoms. The van der Waals surface area contributed by atoms with E-state index in [1.54, 1.807) is 37.3 Å². The fourth-order valence-electron chi connectivity index (χ4n) is 2.42. The summed E-state index contributed by atoms with van der Waals surface area (Å²) in [5.41, 5.74) is 1.49. The molecule has 1 N–H and O–H groups in total. The zero-order valence-corrected chi connectivity index (χ0v) is 18.1. The van der Waals surface area contributed by atoms with Crippen molar-refractivity contribution in [3.8, 4) is 0 Å². The van der Waals surface area contributed by atoms with Gasteiger partial charge in [-0.1, -0.05) is 63.6 Å². The van der Waals surface area contributed by atoms with Gasteiger partial charge >= 0.3 is 0 Å². The summed E-state index contributed by atoms with van der Waals surface area (Å²) in [5, 5.41) is 3.35. The molecule has 0 aliphatic carbocycles. The molecule has 0 radical (unpaired) electrons. The topological polar surface area (TPSA) is 49.4 Å². The molecule has 1 atom stereocenters. The van der Waals surface area contributed by atoms with Crippen molar-refractivity contribution >= 4 is 79.4 Å². The minimum absolute atomic E-state index is 0.272. The Kier molecular flexibility index (Phi) is 6.37. The van der Waals surface area contributed by atoms with Crippen LogP contribution in [0.5, 0.6) is 0 Å². The first-order valence-corrected chi connectivity index (χ1v) is 10.3. The first-order chi connectivity index (χ1) is 12.8. The van der Waals surface area contributed by atoms with Gasteiger partial charge < -0.3 is 5.32 Å². The van der Waals surface area contributed by atoms with Crippen LogP contribution in [-0.4, -0.2) is 27.1 Å². The van der Waals surface area contributed by atoms with Gasteiger partial charge in [0.05, 0.1) is 4.91 Å². The van der Waals surface area contributed by atoms with Crippen LogP contribution in [0.1, 0.15) is 12.5 Å². The molecule has 0 saturated carbocycles. The second kappa shape index (κ2) is 8.56. The van der Waals surface area contributed by atoms with E-state index in [4.69, 9.17) is 23.8 Å². The molecule has 1 fully saturated rings. The summed E-state index contributed by atoms with van der Waals surface area (Å²) in [7, 11) is 0. The third kappa shape index (κ3) is 4.79. The van der Waals surface area contributed by atoms with E-state index in [2.05, 4.69) is 21.2 Å². The maximum Gasteiger partial charge on any atom is 0.266 e. The van der Waals surface area contributed by atoms with Crippen LogP contribution in [0.3, 0.4) is 0 Å². The van der Waals surface area contributed by atoms with Crippen molar-refractivity contribution in [2.75, 3.05) is 5.32 Å². The normalized spacial score (nSPS) is 16.7. The Bertz CT molecular complexity index is 930. The third-order valence-corrected chi connectivity index (χ3v) is 5.98. The van der Waals surface area contributed by atoms with Gasteiger partial charge in [0.25, 0.3) is 5.91 Å². The predicted molar refractivity (Wildman–Crippen MR) is 119 cm³/mol. The van der Waals surface area contributed by atoms with Gasteiger partial charge in [0.15, 0.2) is 0 Å². The lowest BCUT2D eigenvalue weighted by Crippen LogP contribution is -2.44. The fraction of sp³-hybridized carbons (Fsp3) is 0.105. The standard InChI is InChI=1S/C19H14BrClN2O2S2/c1-11(17(24)22-15-8-6-14(21)7-9-15)23-18(25)16(27-19(23)26)10-12-2-4-13(20)5-3-12/h2-11H,1H3,(H,22,24)/b16-10-. The largest absolute Gasteiger partial charge is 0.324 e. The van der Waals surface area contributed by atoms with Crippen molar-refractivity contribution in [3.63, 3.8) is 0 Å². The number of benzene rings is 2. The fourth-order valence-corrected chi connectivity index (χ4v) is 4.23. The molecule has 1 unspecified atom stereocenters. The molecule has 8 heteroatoms. The summed E-state index contributed by atoms with van der Waals surface area (Å²) >= 11 is 15.8. The van der Waals surface area contributed by atoms with Crippen molar-refractivity contribution < 1.29 is 9.59 Å². The number of amides is 2. The van der Waals surface area contributed by atoms with Crippen LogP contribution in [0.15, 0.2) is 57.9 Å². The molecular weight excluding hydrogens is 468 g/mol. The lowest BCUT2D eigenvalue weighted by atomic mass is 10.2. The van der Waals surface area contributed by atoms with Crippen LogP contribution in [0.2, 0.25) is 5.02 Å². The van der Waals surface area contributed by atoms with Crippen molar-refractivity contribution in [2.45, 2.75) is 13.0 Å². The van der Waals surface area contributed by atoms with Gasteiger partial charge in [0, 0.05) is 15.2 Å². The van der Waals surface area contributed by atoms with Crippen molar-refractivity contribution in [1.29, 1.82) is 0 Å². The Morgan fingerprint density at radius 2 is 1.85 bits per heavy atom. The van der Waals surface area contributed by atoms with Crippen molar-refractivity contribution in [2.24, 2.45) is 0 Å². The summed E-state index contributed by atoms with van der Waals surface area (Å²) in [5.74, 6) is -0.592. The SMILES string of the molecule is CC(C(=O)Nc1ccc(Cl)cc1)N1C(=O)/C(=C/c2ccc(Br)cc2)SC1=S. The van der Waals surface area contributed by atoms with Crippen LogP contribution in [0, 0.1) is 0 Å². The van der Waals surface area contributed by atoms with Gasteiger partial charge in [-0.05, 0) is 55.0 Å². The van der Waals surface area contributed by atoms with Crippen LogP contribution in [0.25, 0.3) is 6.08 Å². The molecule has 0 bridgehead atoms. The highest BCUT2D eigenvalue weighted by molar-refractivity contribution is 9.10. The summed E-state index contributed by atoms with van der Waals surface area (Å²) in [6.45, 7) is 1.65. The Morgan fingerprint density at radius 3 is 2.48 bits per heavy atom. The van der Waals surface area contributed by atoms with E-state index in [1.165, 1.54) is 16.7 Å². The molecule has 2 amide bonds. The van der Waals surface area contributed by atoms with E-state index in [-0.39, 0.29) is 11.8 Å². The number of thioether (sulfide) groups is 1. The monoisotopic (exact) mass is 480 g/mol. The second-order valence-corrected chi connectivity index (χ2v) is 8.80. The van der Waals surface area contributed by atoms with Crippen molar-refractivity contribution in [1.82, 2.24) is 4.90 Å². The number of nitrogens with zero attached hydrogens (tertiary/aromatic N) is 1. The number of carbonyl (C=O) groups is 2. The molecule has 1 heterocycles. The van der Waals surface area contributed by atoms with E-state index in [0.29, 0.717) is 19.9 Å². The number of halogens is 2. The minimum Gasteiger partial charge on any atom is -0.324 e. The smallest absolute Gasteiger partial charge is 0.266 e. The van der Waals surface area contributed by atoms with Gasteiger partial charge in [-0.25, -0.2) is 0 Å². The number of hydrogen-bond donors (Lipinski definition) is 1. The highest BCUT2D eigenvalue weighted by atomic mass is 79.9. The van der Waals surface area contributed by atoms with E-state index in [0.717, 1.165) is 10.0 Å². The Balaban J connectivity index is 1.74. The average molecular weight is 482 g/mol. The first-order valence-electron chi connectivity index (χ1n) is 7.94. The summed E-state index contributed by atoms with van der Waals surface area (Å²) < 4.78 is 1.32. The zero-order valence-electron chi connectivity index (χ0n) is 14.1. The van der Waals surface area contributed by atoms with Crippen LogP contribution in [0.4, 0.5) is 5.69 Å². The summed E-state index contributed by atoms with van der Waals surface area (Å²) in [6.07, 6.45) is 1.77. The molecule has 1 aliphatic rings. The van der Waals surface area contributed by atoms with Gasteiger partial charge in [-0.15, -0.1) is 0 Å². The molecule has 1 saturated heterocycles. The summed E-state index contributed by atoms with van der Waals surface area (Å²) in [4.78, 5) is 27.2. The molecule has 2 aromatic rings. The molecule has 27 heavy (non-hydrogen) atoms. The highest BCUT2D eigenvalue weighted by Crippen LogP contribution is 2.34. The number of anilines is 1. The highest BCUT2D eigenvalue weighted by Gasteiger charge is 2.38. The maximum atomic E-state index is 12.8. The number of nitrogens with one attached hydrogen (secondary N) is 1. The molecule has 1 aliphatic heterocycles. The Labute approximate surface area is 180 Å². The van der Waals surface area contributed by atoms with Gasteiger partial charge in [0.2, 0.25) is 5.91 Å². The van der Waals surface area contributed by atoms with Gasteiger partial charge in [-0.3, -0.25) is 14.5 Å². The molecule has 3 rings (SSSR count). The van der Waals surface area contributed by atoms with E-state index >= 15 is 0 Å². The number of carbonyl (C=O) groups excluding carboxylic acids is 2. The molecule has 4 nitrogen and oxygen atoms in total. The van der Waals surface area contributed by atoms with Gasteiger partial charge in [-0.2, -0.15) is 0 Å².